The van der Waals surface area contributed by atoms with Gasteiger partial charge in [-0.05, 0) is 36.4 Å². The van der Waals surface area contributed by atoms with Gasteiger partial charge in [-0.25, -0.2) is 0 Å². The smallest absolute Gasteiger partial charge is 0.242 e. The molecule has 2 fully saturated rings. The molecule has 3 heterocycles. The number of aromatic nitrogens is 1. The number of benzene rings is 1. The van der Waals surface area contributed by atoms with E-state index < -0.39 is 0 Å². The lowest BCUT2D eigenvalue weighted by Gasteiger charge is -2.35. The SMILES string of the molecule is O=C(CN1CCN(C(=O)Cn2ccc3ccc(Cl)cc32)CC1)N1CCCCCC1. The van der Waals surface area contributed by atoms with Crippen molar-refractivity contribution < 1.29 is 9.59 Å². The lowest BCUT2D eigenvalue weighted by molar-refractivity contribution is -0.135. The quantitative estimate of drug-likeness (QED) is 0.770. The molecule has 2 aliphatic rings. The van der Waals surface area contributed by atoms with Crippen LogP contribution in [0, 0.1) is 0 Å². The lowest BCUT2D eigenvalue weighted by Crippen LogP contribution is -2.52. The number of rotatable bonds is 4. The fourth-order valence-corrected chi connectivity index (χ4v) is 4.47. The summed E-state index contributed by atoms with van der Waals surface area (Å²) in [5.41, 5.74) is 0.979. The normalized spacial score (nSPS) is 18.8. The van der Waals surface area contributed by atoms with Crippen molar-refractivity contribution in [2.45, 2.75) is 32.2 Å². The Balaban J connectivity index is 1.28. The molecule has 0 saturated carbocycles. The predicted octanol–water partition coefficient (Wildman–Crippen LogP) is 2.84. The van der Waals surface area contributed by atoms with Crippen LogP contribution in [0.4, 0.5) is 0 Å². The number of nitrogens with zero attached hydrogens (tertiary/aromatic N) is 4. The van der Waals surface area contributed by atoms with Crippen molar-refractivity contribution in [3.8, 4) is 0 Å². The number of hydrogen-bond donors (Lipinski definition) is 0. The van der Waals surface area contributed by atoms with E-state index in [9.17, 15) is 9.59 Å². The number of piperazine rings is 1. The van der Waals surface area contributed by atoms with Crippen molar-refractivity contribution in [1.82, 2.24) is 19.3 Å². The number of carbonyl (C=O) groups excluding carboxylic acids is 2. The fraction of sp³-hybridized carbons (Fsp3) is 0.545. The molecule has 0 bridgehead atoms. The molecule has 0 N–H and O–H groups in total. The van der Waals surface area contributed by atoms with E-state index in [1.54, 1.807) is 0 Å². The Hall–Kier alpha value is -2.05. The highest BCUT2D eigenvalue weighted by molar-refractivity contribution is 6.31. The van der Waals surface area contributed by atoms with Crippen LogP contribution in [0.3, 0.4) is 0 Å². The first-order valence-corrected chi connectivity index (χ1v) is 11.0. The van der Waals surface area contributed by atoms with Gasteiger partial charge in [-0.3, -0.25) is 14.5 Å². The molecule has 2 amide bonds. The van der Waals surface area contributed by atoms with Crippen LogP contribution >= 0.6 is 11.6 Å². The van der Waals surface area contributed by atoms with E-state index >= 15 is 0 Å². The third kappa shape index (κ3) is 4.93. The molecule has 1 aromatic carbocycles. The average molecular weight is 417 g/mol. The first-order valence-electron chi connectivity index (χ1n) is 10.6. The minimum atomic E-state index is 0.112. The van der Waals surface area contributed by atoms with E-state index in [2.05, 4.69) is 4.90 Å². The third-order valence-electron chi connectivity index (χ3n) is 6.08. The van der Waals surface area contributed by atoms with Crippen molar-refractivity contribution in [3.05, 3.63) is 35.5 Å². The summed E-state index contributed by atoms with van der Waals surface area (Å²) in [6.07, 6.45) is 6.64. The molecule has 7 heteroatoms. The summed E-state index contributed by atoms with van der Waals surface area (Å²) in [4.78, 5) is 31.5. The molecule has 2 aliphatic heterocycles. The summed E-state index contributed by atoms with van der Waals surface area (Å²) >= 11 is 6.11. The molecule has 6 nitrogen and oxygen atoms in total. The van der Waals surface area contributed by atoms with Gasteiger partial charge in [0.05, 0.1) is 6.54 Å². The zero-order valence-corrected chi connectivity index (χ0v) is 17.6. The van der Waals surface area contributed by atoms with E-state index in [0.29, 0.717) is 31.2 Å². The van der Waals surface area contributed by atoms with Crippen LogP contribution in [-0.4, -0.2) is 76.9 Å². The number of carbonyl (C=O) groups is 2. The Morgan fingerprint density at radius 3 is 2.17 bits per heavy atom. The van der Waals surface area contributed by atoms with Crippen LogP contribution in [0.15, 0.2) is 30.5 Å². The van der Waals surface area contributed by atoms with Crippen LogP contribution in [-0.2, 0) is 16.1 Å². The highest BCUT2D eigenvalue weighted by Crippen LogP contribution is 2.21. The maximum absolute atomic E-state index is 12.8. The average Bonchev–Trinajstić information content (AvgIpc) is 2.93. The van der Waals surface area contributed by atoms with E-state index in [-0.39, 0.29) is 11.8 Å². The molecule has 1 aromatic heterocycles. The monoisotopic (exact) mass is 416 g/mol. The Labute approximate surface area is 177 Å². The second-order valence-corrected chi connectivity index (χ2v) is 8.54. The van der Waals surface area contributed by atoms with Gasteiger partial charge in [-0.15, -0.1) is 0 Å². The molecule has 156 valence electrons. The summed E-state index contributed by atoms with van der Waals surface area (Å²) in [6.45, 7) is 5.43. The van der Waals surface area contributed by atoms with Crippen molar-refractivity contribution >= 4 is 34.3 Å². The van der Waals surface area contributed by atoms with Gasteiger partial charge in [0.2, 0.25) is 11.8 Å². The van der Waals surface area contributed by atoms with Gasteiger partial charge in [0.15, 0.2) is 0 Å². The molecule has 0 radical (unpaired) electrons. The summed E-state index contributed by atoms with van der Waals surface area (Å²) in [5.74, 6) is 0.350. The minimum Gasteiger partial charge on any atom is -0.342 e. The van der Waals surface area contributed by atoms with Gasteiger partial charge in [0.25, 0.3) is 0 Å². The van der Waals surface area contributed by atoms with E-state index in [1.807, 2.05) is 44.8 Å². The topological polar surface area (TPSA) is 48.8 Å². The van der Waals surface area contributed by atoms with E-state index in [4.69, 9.17) is 11.6 Å². The number of amides is 2. The number of hydrogen-bond acceptors (Lipinski definition) is 3. The largest absolute Gasteiger partial charge is 0.342 e. The second kappa shape index (κ2) is 9.18. The minimum absolute atomic E-state index is 0.112. The fourth-order valence-electron chi connectivity index (χ4n) is 4.31. The molecular weight excluding hydrogens is 388 g/mol. The molecule has 2 saturated heterocycles. The van der Waals surface area contributed by atoms with Gasteiger partial charge in [0.1, 0.15) is 6.54 Å². The Kier molecular flexibility index (Phi) is 6.40. The lowest BCUT2D eigenvalue weighted by atomic mass is 10.2. The predicted molar refractivity (Wildman–Crippen MR) is 115 cm³/mol. The van der Waals surface area contributed by atoms with Gasteiger partial charge >= 0.3 is 0 Å². The highest BCUT2D eigenvalue weighted by Gasteiger charge is 2.24. The van der Waals surface area contributed by atoms with Crippen LogP contribution in [0.25, 0.3) is 10.9 Å². The molecule has 0 unspecified atom stereocenters. The zero-order chi connectivity index (χ0) is 20.2. The Morgan fingerprint density at radius 1 is 0.793 bits per heavy atom. The standard InChI is InChI=1S/C22H29ClN4O2/c23-19-6-5-18-7-10-27(20(18)15-19)17-22(29)26-13-11-24(12-14-26)16-21(28)25-8-3-1-2-4-9-25/h5-7,10,15H,1-4,8-9,11-14,16-17H2. The number of likely N-dealkylation sites (tertiary alicyclic amines) is 1. The Morgan fingerprint density at radius 2 is 1.45 bits per heavy atom. The molecule has 0 atom stereocenters. The first-order chi connectivity index (χ1) is 14.1. The summed E-state index contributed by atoms with van der Waals surface area (Å²) in [5, 5.41) is 1.76. The van der Waals surface area contributed by atoms with Gasteiger partial charge in [0, 0.05) is 56.0 Å². The summed E-state index contributed by atoms with van der Waals surface area (Å²) in [7, 11) is 0. The summed E-state index contributed by atoms with van der Waals surface area (Å²) < 4.78 is 1.96. The second-order valence-electron chi connectivity index (χ2n) is 8.10. The maximum Gasteiger partial charge on any atom is 0.242 e. The van der Waals surface area contributed by atoms with Crippen molar-refractivity contribution in [2.24, 2.45) is 0 Å². The molecule has 4 rings (SSSR count). The molecule has 0 aliphatic carbocycles. The third-order valence-corrected chi connectivity index (χ3v) is 6.32. The van der Waals surface area contributed by atoms with Gasteiger partial charge in [-0.1, -0.05) is 30.5 Å². The molecular formula is C22H29ClN4O2. The number of fused-ring (bicyclic) bond motifs is 1. The van der Waals surface area contributed by atoms with Gasteiger partial charge < -0.3 is 14.4 Å². The Bertz CT molecular complexity index is 865. The van der Waals surface area contributed by atoms with Crippen LogP contribution in [0.1, 0.15) is 25.7 Å². The van der Waals surface area contributed by atoms with E-state index in [1.165, 1.54) is 12.8 Å². The van der Waals surface area contributed by atoms with Crippen molar-refractivity contribution in [2.75, 3.05) is 45.8 Å². The zero-order valence-electron chi connectivity index (χ0n) is 16.9. The van der Waals surface area contributed by atoms with Crippen LogP contribution in [0.2, 0.25) is 5.02 Å². The number of halogens is 1. The van der Waals surface area contributed by atoms with Crippen molar-refractivity contribution in [1.29, 1.82) is 0 Å². The van der Waals surface area contributed by atoms with Gasteiger partial charge in [-0.2, -0.15) is 0 Å². The molecule has 0 spiro atoms. The molecule has 2 aromatic rings. The van der Waals surface area contributed by atoms with Crippen molar-refractivity contribution in [3.63, 3.8) is 0 Å². The summed E-state index contributed by atoms with van der Waals surface area (Å²) in [6, 6.07) is 7.74. The van der Waals surface area contributed by atoms with Crippen LogP contribution < -0.4 is 0 Å². The van der Waals surface area contributed by atoms with E-state index in [0.717, 1.165) is 49.9 Å². The highest BCUT2D eigenvalue weighted by atomic mass is 35.5. The first kappa shape index (κ1) is 20.2. The molecule has 29 heavy (non-hydrogen) atoms. The van der Waals surface area contributed by atoms with Crippen LogP contribution in [0.5, 0.6) is 0 Å². The maximum atomic E-state index is 12.8.